The zero-order chi connectivity index (χ0) is 20.0. The Balaban J connectivity index is 2.11. The van der Waals surface area contributed by atoms with Gasteiger partial charge in [-0.2, -0.15) is 5.10 Å². The Hall–Kier alpha value is -2.14. The van der Waals surface area contributed by atoms with E-state index in [1.807, 2.05) is 24.3 Å². The topological polar surface area (TPSA) is 88.1 Å². The molecule has 0 spiro atoms. The Morgan fingerprint density at radius 1 is 1.15 bits per heavy atom. The molecule has 0 aliphatic carbocycles. The predicted molar refractivity (Wildman–Crippen MR) is 115 cm³/mol. The second-order valence-corrected chi connectivity index (χ2v) is 8.86. The molecule has 7 nitrogen and oxygen atoms in total. The highest BCUT2D eigenvalue weighted by Crippen LogP contribution is 2.21. The zero-order valence-electron chi connectivity index (χ0n) is 15.1. The standard InChI is InChI=1S/C18H20IN3O4S/c1-13(14-4-6-15(19)7-5-14)20-21-18(23)12-22(27(3,24)25)16-8-10-17(26-2)11-9-16/h4-11H,12H2,1-3H3,(H,21,23)/b20-13+. The molecule has 27 heavy (non-hydrogen) atoms. The molecule has 0 aromatic heterocycles. The van der Waals surface area contributed by atoms with Gasteiger partial charge in [-0.3, -0.25) is 9.10 Å². The molecule has 0 bridgehead atoms. The van der Waals surface area contributed by atoms with Crippen molar-refractivity contribution in [2.75, 3.05) is 24.2 Å². The minimum Gasteiger partial charge on any atom is -0.497 e. The fourth-order valence-electron chi connectivity index (χ4n) is 2.22. The van der Waals surface area contributed by atoms with E-state index in [4.69, 9.17) is 4.74 Å². The first-order valence-corrected chi connectivity index (χ1v) is 10.8. The fourth-order valence-corrected chi connectivity index (χ4v) is 3.43. The Labute approximate surface area is 172 Å². The lowest BCUT2D eigenvalue weighted by molar-refractivity contribution is -0.119. The van der Waals surface area contributed by atoms with Crippen molar-refractivity contribution >= 4 is 49.9 Å². The molecule has 0 radical (unpaired) electrons. The number of benzene rings is 2. The Morgan fingerprint density at radius 3 is 2.26 bits per heavy atom. The number of halogens is 1. The highest BCUT2D eigenvalue weighted by atomic mass is 127. The van der Waals surface area contributed by atoms with Gasteiger partial charge in [0.2, 0.25) is 10.0 Å². The molecular weight excluding hydrogens is 481 g/mol. The van der Waals surface area contributed by atoms with Crippen LogP contribution in [0.15, 0.2) is 53.6 Å². The van der Waals surface area contributed by atoms with E-state index in [2.05, 4.69) is 33.1 Å². The second-order valence-electron chi connectivity index (χ2n) is 5.71. The number of hydrogen-bond donors (Lipinski definition) is 1. The van der Waals surface area contributed by atoms with Gasteiger partial charge in [-0.05, 0) is 71.5 Å². The number of rotatable bonds is 7. The van der Waals surface area contributed by atoms with Crippen molar-refractivity contribution in [1.29, 1.82) is 0 Å². The number of nitrogens with zero attached hydrogens (tertiary/aromatic N) is 2. The molecular formula is C18H20IN3O4S. The third kappa shape index (κ3) is 6.21. The number of carbonyl (C=O) groups is 1. The van der Waals surface area contributed by atoms with E-state index >= 15 is 0 Å². The maximum absolute atomic E-state index is 12.2. The number of carbonyl (C=O) groups excluding carboxylic acids is 1. The van der Waals surface area contributed by atoms with Gasteiger partial charge in [0.15, 0.2) is 0 Å². The van der Waals surface area contributed by atoms with E-state index in [1.165, 1.54) is 7.11 Å². The van der Waals surface area contributed by atoms with E-state index in [0.29, 0.717) is 17.1 Å². The van der Waals surface area contributed by atoms with Crippen molar-refractivity contribution < 1.29 is 17.9 Å². The molecule has 2 rings (SSSR count). The van der Waals surface area contributed by atoms with E-state index in [0.717, 1.165) is 19.7 Å². The molecule has 9 heteroatoms. The van der Waals surface area contributed by atoms with Crippen molar-refractivity contribution in [3.05, 3.63) is 57.7 Å². The molecule has 2 aromatic carbocycles. The molecule has 0 fully saturated rings. The number of methoxy groups -OCH3 is 1. The zero-order valence-corrected chi connectivity index (χ0v) is 18.1. The minimum absolute atomic E-state index is 0.367. The lowest BCUT2D eigenvalue weighted by atomic mass is 10.1. The number of hydrogen-bond acceptors (Lipinski definition) is 5. The molecule has 0 saturated heterocycles. The SMILES string of the molecule is COc1ccc(N(CC(=O)N/N=C(\C)c2ccc(I)cc2)S(C)(=O)=O)cc1. The second kappa shape index (κ2) is 9.18. The number of hydrazone groups is 1. The van der Waals surface area contributed by atoms with Crippen LogP contribution in [0.2, 0.25) is 0 Å². The van der Waals surface area contributed by atoms with Gasteiger partial charge in [0.05, 0.1) is 24.8 Å². The highest BCUT2D eigenvalue weighted by Gasteiger charge is 2.20. The molecule has 0 saturated carbocycles. The van der Waals surface area contributed by atoms with Crippen molar-refractivity contribution in [3.8, 4) is 5.75 Å². The average molecular weight is 501 g/mol. The summed E-state index contributed by atoms with van der Waals surface area (Å²) >= 11 is 2.20. The van der Waals surface area contributed by atoms with Gasteiger partial charge in [-0.1, -0.05) is 12.1 Å². The summed E-state index contributed by atoms with van der Waals surface area (Å²) in [5, 5.41) is 4.05. The summed E-state index contributed by atoms with van der Waals surface area (Å²) in [6, 6.07) is 14.1. The van der Waals surface area contributed by atoms with Crippen LogP contribution in [-0.4, -0.2) is 39.9 Å². The number of sulfonamides is 1. The minimum atomic E-state index is -3.65. The van der Waals surface area contributed by atoms with Crippen LogP contribution in [0.1, 0.15) is 12.5 Å². The van der Waals surface area contributed by atoms with Crippen LogP contribution in [0.3, 0.4) is 0 Å². The van der Waals surface area contributed by atoms with Crippen LogP contribution < -0.4 is 14.5 Å². The lowest BCUT2D eigenvalue weighted by Crippen LogP contribution is -2.39. The monoisotopic (exact) mass is 501 g/mol. The van der Waals surface area contributed by atoms with Gasteiger partial charge in [0.1, 0.15) is 12.3 Å². The van der Waals surface area contributed by atoms with Gasteiger partial charge in [-0.25, -0.2) is 13.8 Å². The van der Waals surface area contributed by atoms with Gasteiger partial charge < -0.3 is 4.74 Å². The molecule has 144 valence electrons. The summed E-state index contributed by atoms with van der Waals surface area (Å²) in [5.74, 6) is 0.0514. The Morgan fingerprint density at radius 2 is 1.74 bits per heavy atom. The Bertz CT molecular complexity index is 926. The summed E-state index contributed by atoms with van der Waals surface area (Å²) in [6.45, 7) is 1.38. The van der Waals surface area contributed by atoms with Crippen molar-refractivity contribution in [3.63, 3.8) is 0 Å². The first kappa shape index (κ1) is 21.2. The third-order valence-electron chi connectivity index (χ3n) is 3.66. The van der Waals surface area contributed by atoms with Gasteiger partial charge in [0.25, 0.3) is 5.91 Å². The summed E-state index contributed by atoms with van der Waals surface area (Å²) in [4.78, 5) is 12.2. The van der Waals surface area contributed by atoms with Gasteiger partial charge in [0, 0.05) is 3.57 Å². The van der Waals surface area contributed by atoms with Crippen LogP contribution in [0.4, 0.5) is 5.69 Å². The summed E-state index contributed by atoms with van der Waals surface area (Å²) < 4.78 is 31.4. The quantitative estimate of drug-likeness (QED) is 0.359. The fraction of sp³-hybridized carbons (Fsp3) is 0.222. The smallest absolute Gasteiger partial charge is 0.260 e. The van der Waals surface area contributed by atoms with Crippen molar-refractivity contribution in [2.45, 2.75) is 6.92 Å². The number of ether oxygens (including phenoxy) is 1. The first-order valence-electron chi connectivity index (χ1n) is 7.91. The van der Waals surface area contributed by atoms with Crippen LogP contribution in [0.25, 0.3) is 0 Å². The van der Waals surface area contributed by atoms with Crippen molar-refractivity contribution in [2.24, 2.45) is 5.10 Å². The van der Waals surface area contributed by atoms with Crippen LogP contribution in [0, 0.1) is 3.57 Å². The molecule has 0 aliphatic heterocycles. The molecule has 0 atom stereocenters. The molecule has 1 amide bonds. The maximum Gasteiger partial charge on any atom is 0.260 e. The van der Waals surface area contributed by atoms with Gasteiger partial charge in [-0.15, -0.1) is 0 Å². The average Bonchev–Trinajstić information content (AvgIpc) is 2.64. The third-order valence-corrected chi connectivity index (χ3v) is 5.52. The van der Waals surface area contributed by atoms with E-state index in [1.54, 1.807) is 31.2 Å². The number of nitrogens with one attached hydrogen (secondary N) is 1. The molecule has 0 unspecified atom stereocenters. The first-order chi connectivity index (χ1) is 12.7. The molecule has 1 N–H and O–H groups in total. The predicted octanol–water partition coefficient (Wildman–Crippen LogP) is 2.61. The number of anilines is 1. The molecule has 0 heterocycles. The van der Waals surface area contributed by atoms with Crippen molar-refractivity contribution in [1.82, 2.24) is 5.43 Å². The largest absolute Gasteiger partial charge is 0.497 e. The van der Waals surface area contributed by atoms with E-state index < -0.39 is 15.9 Å². The molecule has 2 aromatic rings. The maximum atomic E-state index is 12.2. The highest BCUT2D eigenvalue weighted by molar-refractivity contribution is 14.1. The molecule has 0 aliphatic rings. The summed E-state index contributed by atoms with van der Waals surface area (Å²) in [6.07, 6.45) is 1.05. The van der Waals surface area contributed by atoms with Crippen LogP contribution >= 0.6 is 22.6 Å². The van der Waals surface area contributed by atoms with Crippen LogP contribution in [0.5, 0.6) is 5.75 Å². The van der Waals surface area contributed by atoms with Gasteiger partial charge >= 0.3 is 0 Å². The summed E-state index contributed by atoms with van der Waals surface area (Å²) in [7, 11) is -2.13. The normalized spacial score (nSPS) is 11.8. The lowest BCUT2D eigenvalue weighted by Gasteiger charge is -2.21. The van der Waals surface area contributed by atoms with E-state index in [9.17, 15) is 13.2 Å². The van der Waals surface area contributed by atoms with Crippen LogP contribution in [-0.2, 0) is 14.8 Å². The number of amides is 1. The van der Waals surface area contributed by atoms with E-state index in [-0.39, 0.29) is 6.54 Å². The Kier molecular flexibility index (Phi) is 7.19. The summed E-state index contributed by atoms with van der Waals surface area (Å²) in [5.41, 5.74) is 4.26.